The monoisotopic (exact) mass is 443 g/mol. The van der Waals surface area contributed by atoms with Gasteiger partial charge in [0.2, 0.25) is 11.9 Å². The van der Waals surface area contributed by atoms with Gasteiger partial charge < -0.3 is 25.0 Å². The number of amides is 1. The predicted octanol–water partition coefficient (Wildman–Crippen LogP) is 2.43. The van der Waals surface area contributed by atoms with Crippen molar-refractivity contribution in [3.63, 3.8) is 0 Å². The molecular weight excluding hydrogens is 413 g/mol. The molecule has 8 nitrogen and oxygen atoms in total. The SMILES string of the molecule is CC(=O)N[C@@H](C)c1ccc(O[C@@H]2CCN(c3nc(N(CCO)C4CC4)ncc3F)C2)cc1. The van der Waals surface area contributed by atoms with Crippen LogP contribution in [-0.2, 0) is 4.79 Å². The molecule has 9 heteroatoms. The summed E-state index contributed by atoms with van der Waals surface area (Å²) in [7, 11) is 0. The maximum Gasteiger partial charge on any atom is 0.227 e. The molecule has 1 saturated heterocycles. The second-order valence-electron chi connectivity index (χ2n) is 8.46. The van der Waals surface area contributed by atoms with Crippen molar-refractivity contribution in [3.05, 3.63) is 41.8 Å². The second kappa shape index (κ2) is 9.68. The van der Waals surface area contributed by atoms with Crippen molar-refractivity contribution in [1.29, 1.82) is 0 Å². The molecule has 32 heavy (non-hydrogen) atoms. The minimum Gasteiger partial charge on any atom is -0.489 e. The summed E-state index contributed by atoms with van der Waals surface area (Å²) in [4.78, 5) is 23.7. The molecule has 2 heterocycles. The molecule has 0 radical (unpaired) electrons. The molecule has 2 aliphatic rings. The van der Waals surface area contributed by atoms with E-state index in [4.69, 9.17) is 4.74 Å². The molecule has 1 amide bonds. The van der Waals surface area contributed by atoms with Gasteiger partial charge in [-0.2, -0.15) is 4.98 Å². The molecule has 2 aromatic rings. The molecule has 1 aromatic carbocycles. The van der Waals surface area contributed by atoms with E-state index in [1.165, 1.54) is 13.1 Å². The first-order valence-corrected chi connectivity index (χ1v) is 11.1. The maximum absolute atomic E-state index is 14.5. The van der Waals surface area contributed by atoms with Crippen LogP contribution in [0.4, 0.5) is 16.2 Å². The van der Waals surface area contributed by atoms with Crippen LogP contribution in [-0.4, -0.2) is 59.4 Å². The van der Waals surface area contributed by atoms with E-state index in [1.807, 2.05) is 41.0 Å². The summed E-state index contributed by atoms with van der Waals surface area (Å²) < 4.78 is 20.7. The van der Waals surface area contributed by atoms with E-state index >= 15 is 0 Å². The van der Waals surface area contributed by atoms with Gasteiger partial charge >= 0.3 is 0 Å². The van der Waals surface area contributed by atoms with Gasteiger partial charge in [0.25, 0.3) is 0 Å². The van der Waals surface area contributed by atoms with Crippen molar-refractivity contribution in [2.24, 2.45) is 0 Å². The number of hydrogen-bond acceptors (Lipinski definition) is 7. The molecule has 1 aliphatic heterocycles. The fourth-order valence-electron chi connectivity index (χ4n) is 4.08. The Bertz CT molecular complexity index is 938. The number of carbonyl (C=O) groups excluding carboxylic acids is 1. The number of nitrogens with zero attached hydrogens (tertiary/aromatic N) is 4. The highest BCUT2D eigenvalue weighted by Gasteiger charge is 2.32. The van der Waals surface area contributed by atoms with Crippen LogP contribution in [0.5, 0.6) is 5.75 Å². The molecule has 1 aliphatic carbocycles. The number of aliphatic hydroxyl groups excluding tert-OH is 1. The average molecular weight is 444 g/mol. The number of hydrogen-bond donors (Lipinski definition) is 2. The maximum atomic E-state index is 14.5. The van der Waals surface area contributed by atoms with Crippen LogP contribution >= 0.6 is 0 Å². The van der Waals surface area contributed by atoms with Gasteiger partial charge in [-0.3, -0.25) is 4.79 Å². The zero-order chi connectivity index (χ0) is 22.7. The van der Waals surface area contributed by atoms with E-state index in [1.54, 1.807) is 0 Å². The van der Waals surface area contributed by atoms with Gasteiger partial charge in [-0.15, -0.1) is 0 Å². The Labute approximate surface area is 187 Å². The van der Waals surface area contributed by atoms with E-state index in [2.05, 4.69) is 15.3 Å². The van der Waals surface area contributed by atoms with E-state index < -0.39 is 5.82 Å². The number of aliphatic hydroxyl groups is 1. The lowest BCUT2D eigenvalue weighted by molar-refractivity contribution is -0.119. The minimum atomic E-state index is -0.453. The van der Waals surface area contributed by atoms with Gasteiger partial charge in [-0.1, -0.05) is 12.1 Å². The Morgan fingerprint density at radius 3 is 2.75 bits per heavy atom. The molecular formula is C23H30FN5O3. The third-order valence-electron chi connectivity index (χ3n) is 5.85. The number of anilines is 2. The van der Waals surface area contributed by atoms with Gasteiger partial charge in [-0.25, -0.2) is 9.37 Å². The molecule has 0 unspecified atom stereocenters. The fourth-order valence-corrected chi connectivity index (χ4v) is 4.08. The summed E-state index contributed by atoms with van der Waals surface area (Å²) in [6.07, 6.45) is 3.97. The number of nitrogens with one attached hydrogen (secondary N) is 1. The molecule has 1 aromatic heterocycles. The van der Waals surface area contributed by atoms with Crippen molar-refractivity contribution in [2.75, 3.05) is 36.0 Å². The molecule has 2 N–H and O–H groups in total. The van der Waals surface area contributed by atoms with Crippen molar-refractivity contribution in [1.82, 2.24) is 15.3 Å². The Morgan fingerprint density at radius 1 is 1.34 bits per heavy atom. The largest absolute Gasteiger partial charge is 0.489 e. The van der Waals surface area contributed by atoms with Crippen molar-refractivity contribution < 1.29 is 19.0 Å². The molecule has 1 saturated carbocycles. The van der Waals surface area contributed by atoms with Gasteiger partial charge in [0.15, 0.2) is 11.6 Å². The van der Waals surface area contributed by atoms with Crippen LogP contribution in [0.25, 0.3) is 0 Å². The second-order valence-corrected chi connectivity index (χ2v) is 8.46. The summed E-state index contributed by atoms with van der Waals surface area (Å²) in [6, 6.07) is 7.91. The zero-order valence-electron chi connectivity index (χ0n) is 18.5. The fraction of sp³-hybridized carbons (Fsp3) is 0.522. The summed E-state index contributed by atoms with van der Waals surface area (Å²) >= 11 is 0. The number of carbonyl (C=O) groups is 1. The Kier molecular flexibility index (Phi) is 6.74. The van der Waals surface area contributed by atoms with Crippen LogP contribution < -0.4 is 19.9 Å². The third-order valence-corrected chi connectivity index (χ3v) is 5.85. The minimum absolute atomic E-state index is 0.00851. The van der Waals surface area contributed by atoms with E-state index in [0.717, 1.165) is 30.6 Å². The molecule has 2 fully saturated rings. The highest BCUT2D eigenvalue weighted by Crippen LogP contribution is 2.31. The number of ether oxygens (including phenoxy) is 1. The normalized spacial score (nSPS) is 19.0. The number of rotatable bonds is 9. The lowest BCUT2D eigenvalue weighted by Gasteiger charge is -2.24. The van der Waals surface area contributed by atoms with Crippen LogP contribution in [0.1, 0.15) is 44.7 Å². The van der Waals surface area contributed by atoms with Gasteiger partial charge in [0.05, 0.1) is 25.4 Å². The van der Waals surface area contributed by atoms with Crippen molar-refractivity contribution >= 4 is 17.7 Å². The molecule has 172 valence electrons. The van der Waals surface area contributed by atoms with E-state index in [9.17, 15) is 14.3 Å². The Balaban J connectivity index is 1.39. The quantitative estimate of drug-likeness (QED) is 0.615. The Morgan fingerprint density at radius 2 is 2.09 bits per heavy atom. The average Bonchev–Trinajstić information content (AvgIpc) is 3.51. The van der Waals surface area contributed by atoms with Crippen LogP contribution in [0.15, 0.2) is 30.5 Å². The zero-order valence-corrected chi connectivity index (χ0v) is 18.5. The number of benzene rings is 1. The van der Waals surface area contributed by atoms with E-state index in [0.29, 0.717) is 31.6 Å². The summed E-state index contributed by atoms with van der Waals surface area (Å²) in [5, 5.41) is 12.2. The lowest BCUT2D eigenvalue weighted by atomic mass is 10.1. The van der Waals surface area contributed by atoms with Gasteiger partial charge in [-0.05, 0) is 37.5 Å². The molecule has 0 spiro atoms. The first-order valence-electron chi connectivity index (χ1n) is 11.1. The number of aromatic nitrogens is 2. The van der Waals surface area contributed by atoms with Crippen molar-refractivity contribution in [3.8, 4) is 5.75 Å². The Hall–Kier alpha value is -2.94. The highest BCUT2D eigenvalue weighted by atomic mass is 19.1. The van der Waals surface area contributed by atoms with Crippen LogP contribution in [0, 0.1) is 5.82 Å². The van der Waals surface area contributed by atoms with Gasteiger partial charge in [0.1, 0.15) is 11.9 Å². The van der Waals surface area contributed by atoms with Crippen LogP contribution in [0.2, 0.25) is 0 Å². The molecule has 4 rings (SSSR count). The standard InChI is InChI=1S/C23H30FN5O3/c1-15(26-16(2)31)17-3-7-19(8-4-17)32-20-9-10-28(14-20)22-21(24)13-25-23(27-22)29(11-12-30)18-5-6-18/h3-4,7-8,13,15,18,20,30H,5-6,9-12,14H2,1-2H3,(H,26,31)/t15-,20+/m0/s1. The first kappa shape index (κ1) is 22.3. The first-order chi connectivity index (χ1) is 15.4. The topological polar surface area (TPSA) is 90.8 Å². The van der Waals surface area contributed by atoms with Crippen molar-refractivity contribution in [2.45, 2.75) is 51.3 Å². The summed E-state index contributed by atoms with van der Waals surface area (Å²) in [6.45, 7) is 5.05. The summed E-state index contributed by atoms with van der Waals surface area (Å²) in [5.74, 6) is 0.962. The molecule has 2 atom stereocenters. The predicted molar refractivity (Wildman–Crippen MR) is 119 cm³/mol. The van der Waals surface area contributed by atoms with Crippen LogP contribution in [0.3, 0.4) is 0 Å². The van der Waals surface area contributed by atoms with E-state index in [-0.39, 0.29) is 30.5 Å². The highest BCUT2D eigenvalue weighted by molar-refractivity contribution is 5.73. The molecule has 0 bridgehead atoms. The summed E-state index contributed by atoms with van der Waals surface area (Å²) in [5.41, 5.74) is 0.999. The lowest BCUT2D eigenvalue weighted by Crippen LogP contribution is -2.32. The third kappa shape index (κ3) is 5.27. The number of halogens is 1. The smallest absolute Gasteiger partial charge is 0.227 e. The van der Waals surface area contributed by atoms with Gasteiger partial charge in [0, 0.05) is 32.5 Å².